The molecule has 2 fully saturated rings. The summed E-state index contributed by atoms with van der Waals surface area (Å²) < 4.78 is 42.9. The Morgan fingerprint density at radius 3 is 2.50 bits per heavy atom. The van der Waals surface area contributed by atoms with E-state index in [9.17, 15) is 17.6 Å². The average Bonchev–Trinajstić information content (AvgIpc) is 2.62. The molecule has 0 bridgehead atoms. The van der Waals surface area contributed by atoms with Crippen molar-refractivity contribution in [3.05, 3.63) is 29.6 Å². The zero-order valence-corrected chi connectivity index (χ0v) is 15.4. The van der Waals surface area contributed by atoms with Crippen LogP contribution in [0.1, 0.15) is 23.2 Å². The number of halogens is 1. The third-order valence-electron chi connectivity index (χ3n) is 4.94. The predicted octanol–water partition coefficient (Wildman–Crippen LogP) is 0.948. The standard InChI is InChI=1S/C17H24FN3O4S/c18-16-11-14(19-26(23)24)1-2-15(16)17(22)21-7-5-20(6-8-21)12-13-3-9-25-10-4-13/h1-2,11,13,26H,3-10,12H2,(H,19,23,24). The van der Waals surface area contributed by atoms with Crippen LogP contribution in [0, 0.1) is 11.7 Å². The average molecular weight is 385 g/mol. The molecule has 3 rings (SSSR count). The van der Waals surface area contributed by atoms with Crippen LogP contribution in [0.15, 0.2) is 18.2 Å². The highest BCUT2D eigenvalue weighted by molar-refractivity contribution is 7.73. The van der Waals surface area contributed by atoms with Gasteiger partial charge >= 0.3 is 0 Å². The Labute approximate surface area is 154 Å². The SMILES string of the molecule is O=C(c1ccc(N[SH](=O)=O)cc1F)N1CCN(CC2CCOCC2)CC1. The lowest BCUT2D eigenvalue weighted by molar-refractivity contribution is 0.0392. The molecule has 1 aromatic carbocycles. The maximum absolute atomic E-state index is 14.2. The summed E-state index contributed by atoms with van der Waals surface area (Å²) in [5, 5.41) is 0. The molecule has 2 aliphatic heterocycles. The summed E-state index contributed by atoms with van der Waals surface area (Å²) in [5.74, 6) is -0.427. The van der Waals surface area contributed by atoms with E-state index in [0.29, 0.717) is 19.0 Å². The molecule has 2 heterocycles. The Bertz CT molecular complexity index is 706. The van der Waals surface area contributed by atoms with Crippen molar-refractivity contribution in [3.8, 4) is 0 Å². The van der Waals surface area contributed by atoms with Crippen LogP contribution >= 0.6 is 0 Å². The highest BCUT2D eigenvalue weighted by Gasteiger charge is 2.26. The van der Waals surface area contributed by atoms with Gasteiger partial charge in [0.2, 0.25) is 10.9 Å². The first-order chi connectivity index (χ1) is 12.5. The lowest BCUT2D eigenvalue weighted by Gasteiger charge is -2.37. The molecular weight excluding hydrogens is 361 g/mol. The molecule has 0 radical (unpaired) electrons. The molecule has 0 spiro atoms. The molecule has 0 saturated carbocycles. The van der Waals surface area contributed by atoms with Crippen molar-refractivity contribution in [3.63, 3.8) is 0 Å². The molecule has 1 amide bonds. The Kier molecular flexibility index (Phi) is 6.44. The summed E-state index contributed by atoms with van der Waals surface area (Å²) in [5.41, 5.74) is 0.0750. The van der Waals surface area contributed by atoms with Crippen LogP contribution < -0.4 is 4.72 Å². The second kappa shape index (κ2) is 8.79. The van der Waals surface area contributed by atoms with E-state index >= 15 is 0 Å². The fraction of sp³-hybridized carbons (Fsp3) is 0.588. The Morgan fingerprint density at radius 1 is 1.19 bits per heavy atom. The number of nitrogens with zero attached hydrogens (tertiary/aromatic N) is 2. The lowest BCUT2D eigenvalue weighted by Crippen LogP contribution is -2.50. The largest absolute Gasteiger partial charge is 0.381 e. The molecule has 26 heavy (non-hydrogen) atoms. The van der Waals surface area contributed by atoms with E-state index in [1.807, 2.05) is 0 Å². The third-order valence-corrected chi connectivity index (χ3v) is 5.38. The zero-order chi connectivity index (χ0) is 18.5. The molecule has 144 valence electrons. The van der Waals surface area contributed by atoms with Crippen molar-refractivity contribution in [2.75, 3.05) is 50.7 Å². The number of thiol groups is 1. The molecule has 9 heteroatoms. The van der Waals surface area contributed by atoms with Crippen molar-refractivity contribution in [1.82, 2.24) is 9.80 Å². The van der Waals surface area contributed by atoms with Gasteiger partial charge in [-0.3, -0.25) is 14.4 Å². The maximum atomic E-state index is 14.2. The summed E-state index contributed by atoms with van der Waals surface area (Å²) >= 11 is 0. The minimum Gasteiger partial charge on any atom is -0.381 e. The van der Waals surface area contributed by atoms with Crippen LogP contribution in [0.3, 0.4) is 0 Å². The van der Waals surface area contributed by atoms with Crippen LogP contribution in [0.25, 0.3) is 0 Å². The predicted molar refractivity (Wildman–Crippen MR) is 96.2 cm³/mol. The molecule has 7 nitrogen and oxygen atoms in total. The summed E-state index contributed by atoms with van der Waals surface area (Å²) in [6.45, 7) is 5.36. The summed E-state index contributed by atoms with van der Waals surface area (Å²) in [6.07, 6.45) is 2.17. The van der Waals surface area contributed by atoms with Gasteiger partial charge in [-0.1, -0.05) is 0 Å². The lowest BCUT2D eigenvalue weighted by atomic mass is 9.99. The molecule has 0 unspecified atom stereocenters. The summed E-state index contributed by atoms with van der Waals surface area (Å²) in [7, 11) is -2.86. The number of carbonyl (C=O) groups is 1. The number of benzene rings is 1. The molecule has 0 aliphatic carbocycles. The van der Waals surface area contributed by atoms with Crippen LogP contribution in [-0.4, -0.2) is 70.1 Å². The van der Waals surface area contributed by atoms with E-state index in [1.54, 1.807) is 4.90 Å². The highest BCUT2D eigenvalue weighted by Crippen LogP contribution is 2.19. The van der Waals surface area contributed by atoms with Gasteiger partial charge in [0.15, 0.2) is 0 Å². The van der Waals surface area contributed by atoms with E-state index < -0.39 is 16.7 Å². The maximum Gasteiger partial charge on any atom is 0.256 e. The number of hydrogen-bond acceptors (Lipinski definition) is 5. The van der Waals surface area contributed by atoms with E-state index in [4.69, 9.17) is 4.74 Å². The van der Waals surface area contributed by atoms with Gasteiger partial charge in [-0.05, 0) is 37.0 Å². The number of anilines is 1. The molecular formula is C17H24FN3O4S. The van der Waals surface area contributed by atoms with Gasteiger partial charge in [0.05, 0.1) is 11.3 Å². The van der Waals surface area contributed by atoms with Crippen LogP contribution in [0.2, 0.25) is 0 Å². The van der Waals surface area contributed by atoms with Gasteiger partial charge < -0.3 is 9.64 Å². The third kappa shape index (κ3) is 4.93. The van der Waals surface area contributed by atoms with E-state index in [1.165, 1.54) is 12.1 Å². The number of carbonyl (C=O) groups excluding carboxylic acids is 1. The van der Waals surface area contributed by atoms with Gasteiger partial charge in [0, 0.05) is 45.9 Å². The molecule has 2 aliphatic rings. The van der Waals surface area contributed by atoms with E-state index in [0.717, 1.165) is 51.8 Å². The monoisotopic (exact) mass is 385 g/mol. The number of amides is 1. The van der Waals surface area contributed by atoms with E-state index in [2.05, 4.69) is 9.62 Å². The number of nitrogens with one attached hydrogen (secondary N) is 1. The first-order valence-electron chi connectivity index (χ1n) is 8.83. The van der Waals surface area contributed by atoms with Crippen LogP contribution in [-0.2, 0) is 15.6 Å². The molecule has 1 aromatic rings. The Hall–Kier alpha value is -1.71. The van der Waals surface area contributed by atoms with Crippen molar-refractivity contribution < 1.29 is 22.3 Å². The second-order valence-corrected chi connectivity index (χ2v) is 7.45. The first-order valence-corrected chi connectivity index (χ1v) is 10.0. The van der Waals surface area contributed by atoms with Crippen LogP contribution in [0.5, 0.6) is 0 Å². The van der Waals surface area contributed by atoms with Gasteiger partial charge in [-0.25, -0.2) is 12.8 Å². The van der Waals surface area contributed by atoms with Crippen molar-refractivity contribution in [1.29, 1.82) is 0 Å². The zero-order valence-electron chi connectivity index (χ0n) is 14.5. The quantitative estimate of drug-likeness (QED) is 0.738. The molecule has 1 N–H and O–H groups in total. The van der Waals surface area contributed by atoms with Gasteiger partial charge in [-0.2, -0.15) is 0 Å². The number of rotatable bonds is 5. The minimum atomic E-state index is -2.86. The van der Waals surface area contributed by atoms with Gasteiger partial charge in [0.1, 0.15) is 5.82 Å². The topological polar surface area (TPSA) is 79.0 Å². The normalized spacial score (nSPS) is 19.7. The van der Waals surface area contributed by atoms with Crippen LogP contribution in [0.4, 0.5) is 10.1 Å². The fourth-order valence-corrected chi connectivity index (χ4v) is 3.81. The fourth-order valence-electron chi connectivity index (χ4n) is 3.46. The summed E-state index contributed by atoms with van der Waals surface area (Å²) in [6, 6.07) is 3.75. The summed E-state index contributed by atoms with van der Waals surface area (Å²) in [4.78, 5) is 16.6. The Morgan fingerprint density at radius 2 is 1.88 bits per heavy atom. The van der Waals surface area contributed by atoms with Crippen molar-refractivity contribution in [2.24, 2.45) is 5.92 Å². The Balaban J connectivity index is 1.54. The van der Waals surface area contributed by atoms with E-state index in [-0.39, 0.29) is 17.2 Å². The van der Waals surface area contributed by atoms with Crippen molar-refractivity contribution in [2.45, 2.75) is 12.8 Å². The van der Waals surface area contributed by atoms with Crippen molar-refractivity contribution >= 4 is 22.5 Å². The number of piperazine rings is 1. The van der Waals surface area contributed by atoms with Gasteiger partial charge in [-0.15, -0.1) is 0 Å². The number of hydrogen-bond donors (Lipinski definition) is 2. The smallest absolute Gasteiger partial charge is 0.256 e. The number of ether oxygens (including phenoxy) is 1. The molecule has 2 saturated heterocycles. The molecule has 0 aromatic heterocycles. The van der Waals surface area contributed by atoms with Gasteiger partial charge in [0.25, 0.3) is 5.91 Å². The highest BCUT2D eigenvalue weighted by atomic mass is 32.2. The first kappa shape index (κ1) is 19.1. The molecule has 0 atom stereocenters. The minimum absolute atomic E-state index is 0.0328. The second-order valence-electron chi connectivity index (χ2n) is 6.71.